The zero-order valence-corrected chi connectivity index (χ0v) is 17.1. The number of rotatable bonds is 5. The van der Waals surface area contributed by atoms with Crippen molar-refractivity contribution in [2.75, 3.05) is 37.6 Å². The van der Waals surface area contributed by atoms with E-state index in [1.807, 2.05) is 18.2 Å². The first kappa shape index (κ1) is 18.9. The van der Waals surface area contributed by atoms with Crippen LogP contribution >= 0.6 is 0 Å². The van der Waals surface area contributed by atoms with Crippen LogP contribution in [0, 0.1) is 0 Å². The number of aromatic amines is 1. The highest BCUT2D eigenvalue weighted by Crippen LogP contribution is 2.25. The third-order valence-electron chi connectivity index (χ3n) is 6.34. The molecule has 1 atom stereocenters. The molecule has 2 aliphatic rings. The number of anilines is 1. The number of carbonyl (C=O) groups is 1. The van der Waals surface area contributed by atoms with Crippen molar-refractivity contribution in [1.82, 2.24) is 9.88 Å². The second kappa shape index (κ2) is 8.33. The maximum Gasteiger partial charge on any atom is 0.166 e. The van der Waals surface area contributed by atoms with Gasteiger partial charge in [0, 0.05) is 55.5 Å². The molecule has 30 heavy (non-hydrogen) atoms. The topological polar surface area (TPSA) is 39.3 Å². The first-order valence-electron chi connectivity index (χ1n) is 10.8. The van der Waals surface area contributed by atoms with E-state index in [4.69, 9.17) is 0 Å². The van der Waals surface area contributed by atoms with Gasteiger partial charge in [-0.2, -0.15) is 0 Å². The third kappa shape index (κ3) is 3.83. The molecule has 0 radical (unpaired) electrons. The highest BCUT2D eigenvalue weighted by molar-refractivity contribution is 5.98. The van der Waals surface area contributed by atoms with E-state index in [0.717, 1.165) is 44.7 Å². The zero-order chi connectivity index (χ0) is 20.3. The monoisotopic (exact) mass is 397 g/mol. The van der Waals surface area contributed by atoms with E-state index in [0.29, 0.717) is 0 Å². The van der Waals surface area contributed by atoms with Crippen LogP contribution in [-0.4, -0.2) is 48.4 Å². The molecule has 1 unspecified atom stereocenters. The fraction of sp³-hybridized carbons (Fsp3) is 0.269. The normalized spacial score (nSPS) is 19.7. The molecule has 5 rings (SSSR count). The van der Waals surface area contributed by atoms with E-state index in [2.05, 4.69) is 69.5 Å². The number of hydrogen-bond donors (Lipinski definition) is 1. The Morgan fingerprint density at radius 2 is 1.73 bits per heavy atom. The van der Waals surface area contributed by atoms with E-state index in [1.54, 1.807) is 6.08 Å². The Hall–Kier alpha value is -3.11. The fourth-order valence-corrected chi connectivity index (χ4v) is 4.54. The summed E-state index contributed by atoms with van der Waals surface area (Å²) in [6, 6.07) is 17.1. The van der Waals surface area contributed by atoms with Crippen LogP contribution in [0.2, 0.25) is 0 Å². The number of benzene rings is 2. The number of nitrogens with zero attached hydrogens (tertiary/aromatic N) is 2. The molecule has 0 bridgehead atoms. The lowest BCUT2D eigenvalue weighted by Crippen LogP contribution is -2.47. The molecule has 1 aliphatic carbocycles. The Bertz CT molecular complexity index is 1080. The summed E-state index contributed by atoms with van der Waals surface area (Å²) in [4.78, 5) is 20.5. The van der Waals surface area contributed by atoms with Gasteiger partial charge in [-0.05, 0) is 41.8 Å². The van der Waals surface area contributed by atoms with Gasteiger partial charge in [0.1, 0.15) is 0 Å². The molecule has 4 nitrogen and oxygen atoms in total. The minimum atomic E-state index is -0.134. The van der Waals surface area contributed by atoms with Crippen LogP contribution in [0.3, 0.4) is 0 Å². The highest BCUT2D eigenvalue weighted by atomic mass is 16.1. The molecule has 0 amide bonds. The molecule has 2 heterocycles. The van der Waals surface area contributed by atoms with Crippen molar-refractivity contribution in [2.24, 2.45) is 0 Å². The molecule has 3 aromatic rings. The number of aromatic nitrogens is 1. The predicted octanol–water partition coefficient (Wildman–Crippen LogP) is 4.31. The van der Waals surface area contributed by atoms with Gasteiger partial charge in [0.2, 0.25) is 0 Å². The molecule has 1 N–H and O–H groups in total. The lowest BCUT2D eigenvalue weighted by Gasteiger charge is -2.36. The molecular formula is C26H27N3O. The van der Waals surface area contributed by atoms with Gasteiger partial charge in [-0.3, -0.25) is 9.69 Å². The molecule has 1 saturated heterocycles. The third-order valence-corrected chi connectivity index (χ3v) is 6.34. The maximum absolute atomic E-state index is 12.1. The Balaban J connectivity index is 1.15. The van der Waals surface area contributed by atoms with Crippen molar-refractivity contribution in [3.05, 3.63) is 90.2 Å². The lowest BCUT2D eigenvalue weighted by atomic mass is 9.91. The summed E-state index contributed by atoms with van der Waals surface area (Å²) >= 11 is 0. The van der Waals surface area contributed by atoms with Crippen LogP contribution in [0.5, 0.6) is 0 Å². The van der Waals surface area contributed by atoms with E-state index < -0.39 is 0 Å². The van der Waals surface area contributed by atoms with E-state index in [1.165, 1.54) is 22.2 Å². The highest BCUT2D eigenvalue weighted by Gasteiger charge is 2.20. The van der Waals surface area contributed by atoms with Crippen LogP contribution in [0.15, 0.2) is 79.0 Å². The Labute approximate surface area is 177 Å². The van der Waals surface area contributed by atoms with Gasteiger partial charge in [0.25, 0.3) is 0 Å². The van der Waals surface area contributed by atoms with Crippen molar-refractivity contribution in [2.45, 2.75) is 12.3 Å². The van der Waals surface area contributed by atoms with Crippen LogP contribution in [-0.2, 0) is 11.2 Å². The smallest absolute Gasteiger partial charge is 0.166 e. The largest absolute Gasteiger partial charge is 0.369 e. The zero-order valence-electron chi connectivity index (χ0n) is 17.1. The summed E-state index contributed by atoms with van der Waals surface area (Å²) in [7, 11) is 0. The fourth-order valence-electron chi connectivity index (χ4n) is 4.54. The lowest BCUT2D eigenvalue weighted by molar-refractivity contribution is -0.115. The number of H-pyrrole nitrogens is 1. The number of ketones is 1. The van der Waals surface area contributed by atoms with Crippen LogP contribution in [0.1, 0.15) is 17.0 Å². The summed E-state index contributed by atoms with van der Waals surface area (Å²) in [5, 5.41) is 1.35. The summed E-state index contributed by atoms with van der Waals surface area (Å²) in [5.41, 5.74) is 4.95. The van der Waals surface area contributed by atoms with Crippen LogP contribution in [0.25, 0.3) is 10.9 Å². The van der Waals surface area contributed by atoms with Gasteiger partial charge in [-0.25, -0.2) is 0 Å². The molecule has 2 aromatic carbocycles. The van der Waals surface area contributed by atoms with Gasteiger partial charge < -0.3 is 9.88 Å². The average Bonchev–Trinajstić information content (AvgIpc) is 3.22. The van der Waals surface area contributed by atoms with Gasteiger partial charge in [0.05, 0.1) is 5.92 Å². The second-order valence-corrected chi connectivity index (χ2v) is 8.15. The molecule has 1 fully saturated rings. The Kier molecular flexibility index (Phi) is 5.24. The Morgan fingerprint density at radius 3 is 2.53 bits per heavy atom. The van der Waals surface area contributed by atoms with Crippen molar-refractivity contribution in [1.29, 1.82) is 0 Å². The van der Waals surface area contributed by atoms with Crippen LogP contribution < -0.4 is 4.90 Å². The number of nitrogens with one attached hydrogen (secondary N) is 1. The standard InChI is InChI=1S/C26H27N3O/c30-26-8-4-2-6-24(26)20-9-11-22(12-10-20)29-17-15-28(16-18-29)14-13-21-19-27-25-7-3-1-5-23(21)25/h1-12,19,24,27H,13-18H2. The minimum Gasteiger partial charge on any atom is -0.369 e. The summed E-state index contributed by atoms with van der Waals surface area (Å²) in [6.45, 7) is 5.34. The number of fused-ring (bicyclic) bond motifs is 1. The van der Waals surface area contributed by atoms with Crippen molar-refractivity contribution in [3.63, 3.8) is 0 Å². The average molecular weight is 398 g/mol. The molecular weight excluding hydrogens is 370 g/mol. The Morgan fingerprint density at radius 1 is 0.933 bits per heavy atom. The molecule has 0 saturated carbocycles. The second-order valence-electron chi connectivity index (χ2n) is 8.15. The van der Waals surface area contributed by atoms with E-state index in [9.17, 15) is 4.79 Å². The summed E-state index contributed by atoms with van der Waals surface area (Å²) in [6.07, 6.45) is 10.6. The maximum atomic E-state index is 12.1. The van der Waals surface area contributed by atoms with Gasteiger partial charge in [-0.1, -0.05) is 48.6 Å². The van der Waals surface area contributed by atoms with Crippen molar-refractivity contribution in [3.8, 4) is 0 Å². The van der Waals surface area contributed by atoms with Crippen molar-refractivity contribution < 1.29 is 4.79 Å². The minimum absolute atomic E-state index is 0.134. The van der Waals surface area contributed by atoms with Gasteiger partial charge in [-0.15, -0.1) is 0 Å². The SMILES string of the molecule is O=C1C=CC=CC1c1ccc(N2CCN(CCc3c[nH]c4ccccc34)CC2)cc1. The number of piperazine rings is 1. The quantitative estimate of drug-likeness (QED) is 0.697. The molecule has 152 valence electrons. The summed E-state index contributed by atoms with van der Waals surface area (Å²) in [5.74, 6) is 0.0273. The van der Waals surface area contributed by atoms with Crippen molar-refractivity contribution >= 4 is 22.4 Å². The first-order chi connectivity index (χ1) is 14.8. The predicted molar refractivity (Wildman–Crippen MR) is 123 cm³/mol. The molecule has 0 spiro atoms. The van der Waals surface area contributed by atoms with E-state index >= 15 is 0 Å². The number of hydrogen-bond acceptors (Lipinski definition) is 3. The number of para-hydroxylation sites is 1. The first-order valence-corrected chi connectivity index (χ1v) is 10.8. The number of carbonyl (C=O) groups excluding carboxylic acids is 1. The number of allylic oxidation sites excluding steroid dienone is 4. The molecule has 1 aromatic heterocycles. The summed E-state index contributed by atoms with van der Waals surface area (Å²) < 4.78 is 0. The van der Waals surface area contributed by atoms with Gasteiger partial charge >= 0.3 is 0 Å². The van der Waals surface area contributed by atoms with E-state index in [-0.39, 0.29) is 11.7 Å². The van der Waals surface area contributed by atoms with Crippen LogP contribution in [0.4, 0.5) is 5.69 Å². The molecule has 1 aliphatic heterocycles. The van der Waals surface area contributed by atoms with Gasteiger partial charge in [0.15, 0.2) is 5.78 Å². The molecule has 4 heteroatoms.